The van der Waals surface area contributed by atoms with Crippen LogP contribution in [0.4, 0.5) is 4.39 Å². The second-order valence-electron chi connectivity index (χ2n) is 2.87. The average Bonchev–Trinajstić information content (AvgIpc) is 2.20. The van der Waals surface area contributed by atoms with E-state index in [2.05, 4.69) is 4.98 Å². The number of pyridine rings is 1. The highest BCUT2D eigenvalue weighted by atomic mass is 35.5. The summed E-state index contributed by atoms with van der Waals surface area (Å²) < 4.78 is 13.3. The largest absolute Gasteiger partial charge is 0.359 e. The van der Waals surface area contributed by atoms with Crippen LogP contribution in [0.5, 0.6) is 0 Å². The molecule has 0 saturated carbocycles. The first-order chi connectivity index (χ1) is 7.02. The Morgan fingerprint density at radius 3 is 2.53 bits per heavy atom. The van der Waals surface area contributed by atoms with Crippen molar-refractivity contribution >= 4 is 45.7 Å². The monoisotopic (exact) mass is 265 g/mol. The van der Waals surface area contributed by atoms with Crippen LogP contribution in [-0.4, -0.2) is 4.98 Å². The number of halogens is 4. The van der Waals surface area contributed by atoms with Crippen LogP contribution < -0.4 is 5.43 Å². The molecule has 0 fully saturated rings. The zero-order valence-electron chi connectivity index (χ0n) is 7.07. The van der Waals surface area contributed by atoms with Gasteiger partial charge in [0.15, 0.2) is 5.82 Å². The number of hydrogen-bond donors (Lipinski definition) is 1. The van der Waals surface area contributed by atoms with Crippen molar-refractivity contribution in [2.75, 3.05) is 0 Å². The van der Waals surface area contributed by atoms with E-state index in [0.717, 1.165) is 0 Å². The fraction of sp³-hybridized carbons (Fsp3) is 0. The van der Waals surface area contributed by atoms with E-state index >= 15 is 0 Å². The molecule has 0 atom stereocenters. The van der Waals surface area contributed by atoms with Crippen molar-refractivity contribution < 1.29 is 4.39 Å². The van der Waals surface area contributed by atoms with Crippen LogP contribution >= 0.6 is 34.8 Å². The number of nitrogens with one attached hydrogen (secondary N) is 1. The van der Waals surface area contributed by atoms with Gasteiger partial charge in [0, 0.05) is 6.20 Å². The molecule has 0 aliphatic carbocycles. The molecule has 2 rings (SSSR count). The molecule has 0 aliphatic rings. The van der Waals surface area contributed by atoms with E-state index < -0.39 is 11.2 Å². The molecule has 6 heteroatoms. The minimum atomic E-state index is -0.821. The summed E-state index contributed by atoms with van der Waals surface area (Å²) in [7, 11) is 0. The zero-order chi connectivity index (χ0) is 11.2. The van der Waals surface area contributed by atoms with Crippen molar-refractivity contribution in [3.8, 4) is 0 Å². The molecule has 0 radical (unpaired) electrons. The quantitative estimate of drug-likeness (QED) is 0.726. The molecule has 1 heterocycles. The summed E-state index contributed by atoms with van der Waals surface area (Å²) in [5.41, 5.74) is -0.174. The number of rotatable bonds is 0. The molecule has 2 nitrogen and oxygen atoms in total. The molecule has 0 saturated heterocycles. The minimum absolute atomic E-state index is 0.00562. The molecule has 78 valence electrons. The number of aromatic amines is 1. The van der Waals surface area contributed by atoms with E-state index in [1.807, 2.05) is 0 Å². The number of fused-ring (bicyclic) bond motifs is 1. The SMILES string of the molecule is O=c1c(Cl)c[nH]c2cc(Cl)c(F)c(Cl)c12. The zero-order valence-corrected chi connectivity index (χ0v) is 9.34. The van der Waals surface area contributed by atoms with E-state index in [0.29, 0.717) is 5.52 Å². The van der Waals surface area contributed by atoms with Gasteiger partial charge in [-0.1, -0.05) is 34.8 Å². The average molecular weight is 266 g/mol. The third-order valence-electron chi connectivity index (χ3n) is 1.96. The Balaban J connectivity index is 3.07. The van der Waals surface area contributed by atoms with Crippen molar-refractivity contribution in [1.29, 1.82) is 0 Å². The summed E-state index contributed by atoms with van der Waals surface area (Å²) in [4.78, 5) is 14.3. The normalized spacial score (nSPS) is 10.9. The topological polar surface area (TPSA) is 32.9 Å². The molecule has 0 unspecified atom stereocenters. The van der Waals surface area contributed by atoms with Gasteiger partial charge >= 0.3 is 0 Å². The van der Waals surface area contributed by atoms with E-state index in [1.165, 1.54) is 12.3 Å². The van der Waals surface area contributed by atoms with Gasteiger partial charge in [0.05, 0.1) is 20.9 Å². The Morgan fingerprint density at radius 2 is 1.87 bits per heavy atom. The fourth-order valence-corrected chi connectivity index (χ4v) is 1.95. The minimum Gasteiger partial charge on any atom is -0.359 e. The first kappa shape index (κ1) is 10.7. The highest BCUT2D eigenvalue weighted by molar-refractivity contribution is 6.39. The van der Waals surface area contributed by atoms with E-state index in [1.54, 1.807) is 0 Å². The predicted molar refractivity (Wildman–Crippen MR) is 59.6 cm³/mol. The van der Waals surface area contributed by atoms with Crippen LogP contribution in [0.2, 0.25) is 15.1 Å². The van der Waals surface area contributed by atoms with E-state index in [9.17, 15) is 9.18 Å². The molecule has 0 bridgehead atoms. The molecular formula is C9H3Cl3FNO. The second kappa shape index (κ2) is 3.67. The van der Waals surface area contributed by atoms with Crippen LogP contribution in [0.3, 0.4) is 0 Å². The lowest BCUT2D eigenvalue weighted by Crippen LogP contribution is -2.04. The first-order valence-corrected chi connectivity index (χ1v) is 5.00. The second-order valence-corrected chi connectivity index (χ2v) is 4.07. The fourth-order valence-electron chi connectivity index (χ4n) is 1.26. The molecule has 1 aromatic carbocycles. The first-order valence-electron chi connectivity index (χ1n) is 3.86. The number of hydrogen-bond acceptors (Lipinski definition) is 1. The van der Waals surface area contributed by atoms with Crippen molar-refractivity contribution in [2.24, 2.45) is 0 Å². The van der Waals surface area contributed by atoms with Crippen molar-refractivity contribution in [2.45, 2.75) is 0 Å². The molecule has 1 aromatic heterocycles. The Labute approximate surface area is 98.6 Å². The number of aromatic nitrogens is 1. The Morgan fingerprint density at radius 1 is 1.20 bits per heavy atom. The summed E-state index contributed by atoms with van der Waals surface area (Å²) >= 11 is 16.8. The maximum Gasteiger partial charge on any atom is 0.209 e. The highest BCUT2D eigenvalue weighted by Gasteiger charge is 2.14. The van der Waals surface area contributed by atoms with Gasteiger partial charge in [0.2, 0.25) is 5.43 Å². The third-order valence-corrected chi connectivity index (χ3v) is 2.87. The maximum atomic E-state index is 13.3. The van der Waals surface area contributed by atoms with Crippen LogP contribution in [-0.2, 0) is 0 Å². The smallest absolute Gasteiger partial charge is 0.209 e. The van der Waals surface area contributed by atoms with Crippen molar-refractivity contribution in [3.63, 3.8) is 0 Å². The van der Waals surface area contributed by atoms with Gasteiger partial charge in [-0.05, 0) is 6.07 Å². The molecule has 0 amide bonds. The maximum absolute atomic E-state index is 13.3. The van der Waals surface area contributed by atoms with Crippen LogP contribution in [0.15, 0.2) is 17.1 Å². The third kappa shape index (κ3) is 1.61. The van der Waals surface area contributed by atoms with Crippen LogP contribution in [0.1, 0.15) is 0 Å². The van der Waals surface area contributed by atoms with Crippen molar-refractivity contribution in [1.82, 2.24) is 4.98 Å². The molecule has 0 aliphatic heterocycles. The summed E-state index contributed by atoms with van der Waals surface area (Å²) in [5.74, 6) is -0.821. The standard InChI is InChI=1S/C9H3Cl3FNO/c10-3-1-5-6(7(12)8(3)13)9(15)4(11)2-14-5/h1-2H,(H,14,15). The summed E-state index contributed by atoms with van der Waals surface area (Å²) in [6.45, 7) is 0. The molecular weight excluding hydrogens is 263 g/mol. The van der Waals surface area contributed by atoms with Gasteiger partial charge in [-0.25, -0.2) is 4.39 Å². The molecule has 1 N–H and O–H groups in total. The van der Waals surface area contributed by atoms with Gasteiger partial charge in [-0.2, -0.15) is 0 Å². The number of H-pyrrole nitrogens is 1. The Hall–Kier alpha value is -0.770. The molecule has 15 heavy (non-hydrogen) atoms. The van der Waals surface area contributed by atoms with Crippen LogP contribution in [0.25, 0.3) is 10.9 Å². The van der Waals surface area contributed by atoms with Gasteiger partial charge in [0.1, 0.15) is 5.02 Å². The Bertz CT molecular complexity index is 608. The predicted octanol–water partition coefficient (Wildman–Crippen LogP) is 3.63. The summed E-state index contributed by atoms with van der Waals surface area (Å²) in [6, 6.07) is 1.29. The molecule has 0 spiro atoms. The molecule has 2 aromatic rings. The summed E-state index contributed by atoms with van der Waals surface area (Å²) in [5, 5.41) is -0.510. The van der Waals surface area contributed by atoms with Gasteiger partial charge in [-0.15, -0.1) is 0 Å². The lowest BCUT2D eigenvalue weighted by atomic mass is 10.2. The lowest BCUT2D eigenvalue weighted by Gasteiger charge is -2.03. The van der Waals surface area contributed by atoms with Crippen molar-refractivity contribution in [3.05, 3.63) is 43.4 Å². The Kier molecular flexibility index (Phi) is 2.63. The highest BCUT2D eigenvalue weighted by Crippen LogP contribution is 2.29. The lowest BCUT2D eigenvalue weighted by molar-refractivity contribution is 0.630. The van der Waals surface area contributed by atoms with E-state index in [4.69, 9.17) is 34.8 Å². The summed E-state index contributed by atoms with van der Waals surface area (Å²) in [6.07, 6.45) is 1.30. The van der Waals surface area contributed by atoms with Crippen LogP contribution in [0, 0.1) is 5.82 Å². The van der Waals surface area contributed by atoms with Gasteiger partial charge in [0.25, 0.3) is 0 Å². The number of benzene rings is 1. The van der Waals surface area contributed by atoms with E-state index in [-0.39, 0.29) is 20.5 Å². The van der Waals surface area contributed by atoms with Gasteiger partial charge in [-0.3, -0.25) is 4.79 Å². The van der Waals surface area contributed by atoms with Gasteiger partial charge < -0.3 is 4.98 Å².